The van der Waals surface area contributed by atoms with Crippen molar-refractivity contribution in [1.82, 2.24) is 10.2 Å². The second kappa shape index (κ2) is 6.18. The molecule has 0 unspecified atom stereocenters. The van der Waals surface area contributed by atoms with Crippen LogP contribution in [-0.2, 0) is 10.0 Å². The first-order chi connectivity index (χ1) is 9.12. The van der Waals surface area contributed by atoms with Gasteiger partial charge in [0, 0.05) is 5.75 Å². The van der Waals surface area contributed by atoms with Crippen LogP contribution in [0.1, 0.15) is 0 Å². The third-order valence-corrected chi connectivity index (χ3v) is 5.46. The van der Waals surface area contributed by atoms with Gasteiger partial charge >= 0.3 is 0 Å². The number of rotatable bonds is 6. The fourth-order valence-electron chi connectivity index (χ4n) is 1.21. The summed E-state index contributed by atoms with van der Waals surface area (Å²) in [7, 11) is -3.59. The number of benzene rings is 1. The topological polar surface area (TPSA) is 72.0 Å². The Labute approximate surface area is 119 Å². The number of anilines is 1. The molecule has 2 aromatic rings. The molecule has 1 aromatic heterocycles. The van der Waals surface area contributed by atoms with Crippen LogP contribution in [0.15, 0.2) is 52.2 Å². The molecule has 0 fully saturated rings. The lowest BCUT2D eigenvalue weighted by Gasteiger charge is -2.03. The summed E-state index contributed by atoms with van der Waals surface area (Å²) >= 11 is 2.65. The van der Waals surface area contributed by atoms with Gasteiger partial charge in [-0.1, -0.05) is 47.4 Å². The molecular weight excluding hydrogens is 302 g/mol. The van der Waals surface area contributed by atoms with Crippen LogP contribution in [0.4, 0.5) is 5.13 Å². The Bertz CT molecular complexity index is 653. The van der Waals surface area contributed by atoms with Crippen molar-refractivity contribution in [2.75, 3.05) is 10.5 Å². The van der Waals surface area contributed by atoms with Crippen LogP contribution in [0.5, 0.6) is 0 Å². The summed E-state index contributed by atoms with van der Waals surface area (Å²) in [5.74, 6) is 0.708. The van der Waals surface area contributed by atoms with Crippen LogP contribution in [-0.4, -0.2) is 24.4 Å². The highest BCUT2D eigenvalue weighted by molar-refractivity contribution is 8.01. The Morgan fingerprint density at radius 1 is 1.32 bits per heavy atom. The predicted octanol–water partition coefficient (Wildman–Crippen LogP) is 2.62. The third-order valence-electron chi connectivity index (χ3n) is 2.01. The fraction of sp³-hybridized carbons (Fsp3) is 0.0909. The molecule has 8 heteroatoms. The van der Waals surface area contributed by atoms with Crippen molar-refractivity contribution in [1.29, 1.82) is 0 Å². The van der Waals surface area contributed by atoms with Gasteiger partial charge in [-0.15, -0.1) is 16.8 Å². The maximum Gasteiger partial charge on any atom is 0.263 e. The highest BCUT2D eigenvalue weighted by Crippen LogP contribution is 2.26. The molecule has 0 aliphatic carbocycles. The van der Waals surface area contributed by atoms with Crippen molar-refractivity contribution in [2.45, 2.75) is 9.24 Å². The second-order valence-electron chi connectivity index (χ2n) is 3.39. The van der Waals surface area contributed by atoms with E-state index in [0.717, 1.165) is 0 Å². The Morgan fingerprint density at radius 3 is 2.74 bits per heavy atom. The van der Waals surface area contributed by atoms with Crippen molar-refractivity contribution >= 4 is 38.3 Å². The van der Waals surface area contributed by atoms with E-state index in [9.17, 15) is 8.42 Å². The summed E-state index contributed by atoms with van der Waals surface area (Å²) in [6.07, 6.45) is 1.75. The second-order valence-corrected chi connectivity index (χ2v) is 7.32. The molecule has 2 rings (SSSR count). The highest BCUT2D eigenvalue weighted by Gasteiger charge is 2.16. The Hall–Kier alpha value is -1.38. The van der Waals surface area contributed by atoms with Crippen molar-refractivity contribution < 1.29 is 8.42 Å². The van der Waals surface area contributed by atoms with Gasteiger partial charge < -0.3 is 0 Å². The number of aromatic nitrogens is 2. The molecule has 1 N–H and O–H groups in total. The molecule has 0 bridgehead atoms. The van der Waals surface area contributed by atoms with Gasteiger partial charge in [0.05, 0.1) is 4.90 Å². The Kier molecular flexibility index (Phi) is 4.56. The Balaban J connectivity index is 2.12. The fourth-order valence-corrected chi connectivity index (χ4v) is 3.98. The van der Waals surface area contributed by atoms with E-state index < -0.39 is 10.0 Å². The molecule has 0 spiro atoms. The number of hydrogen-bond acceptors (Lipinski definition) is 6. The van der Waals surface area contributed by atoms with E-state index in [2.05, 4.69) is 21.5 Å². The molecule has 0 saturated heterocycles. The first-order valence-electron chi connectivity index (χ1n) is 5.27. The van der Waals surface area contributed by atoms with Gasteiger partial charge in [-0.2, -0.15) is 0 Å². The minimum atomic E-state index is -3.59. The zero-order valence-corrected chi connectivity index (χ0v) is 12.3. The first-order valence-corrected chi connectivity index (χ1v) is 8.55. The zero-order valence-electron chi connectivity index (χ0n) is 9.81. The smallest absolute Gasteiger partial charge is 0.253 e. The first kappa shape index (κ1) is 14.0. The van der Waals surface area contributed by atoms with Crippen LogP contribution in [0.2, 0.25) is 0 Å². The van der Waals surface area contributed by atoms with Gasteiger partial charge in [-0.05, 0) is 12.1 Å². The maximum atomic E-state index is 12.0. The normalized spacial score (nSPS) is 11.2. The predicted molar refractivity (Wildman–Crippen MR) is 78.1 cm³/mol. The van der Waals surface area contributed by atoms with E-state index in [0.29, 0.717) is 10.1 Å². The van der Waals surface area contributed by atoms with E-state index in [4.69, 9.17) is 0 Å². The van der Waals surface area contributed by atoms with Gasteiger partial charge in [-0.3, -0.25) is 4.72 Å². The molecule has 0 aliphatic heterocycles. The lowest BCUT2D eigenvalue weighted by atomic mass is 10.4. The average molecular weight is 313 g/mol. The molecule has 19 heavy (non-hydrogen) atoms. The van der Waals surface area contributed by atoms with E-state index in [-0.39, 0.29) is 10.0 Å². The van der Waals surface area contributed by atoms with Crippen molar-refractivity contribution in [3.63, 3.8) is 0 Å². The minimum Gasteiger partial charge on any atom is -0.253 e. The average Bonchev–Trinajstić information content (AvgIpc) is 2.84. The van der Waals surface area contributed by atoms with Crippen LogP contribution in [0.25, 0.3) is 0 Å². The van der Waals surface area contributed by atoms with Crippen LogP contribution >= 0.6 is 23.1 Å². The lowest BCUT2D eigenvalue weighted by Crippen LogP contribution is -2.12. The van der Waals surface area contributed by atoms with Crippen LogP contribution in [0, 0.1) is 0 Å². The molecule has 0 amide bonds. The summed E-state index contributed by atoms with van der Waals surface area (Å²) in [6, 6.07) is 8.14. The van der Waals surface area contributed by atoms with E-state index in [1.807, 2.05) is 0 Å². The number of sulfonamides is 1. The van der Waals surface area contributed by atoms with Crippen LogP contribution < -0.4 is 4.72 Å². The van der Waals surface area contributed by atoms with Gasteiger partial charge in [0.25, 0.3) is 10.0 Å². The standard InChI is InChI=1S/C11H11N3O2S3/c1-2-8-17-11-13-12-10(18-11)14-19(15,16)9-6-4-3-5-7-9/h2-7H,1,8H2,(H,12,14). The molecule has 0 radical (unpaired) electrons. The third kappa shape index (κ3) is 3.79. The maximum absolute atomic E-state index is 12.0. The molecule has 1 aromatic carbocycles. The van der Waals surface area contributed by atoms with E-state index in [1.165, 1.54) is 35.2 Å². The quantitative estimate of drug-likeness (QED) is 0.655. The van der Waals surface area contributed by atoms with Gasteiger partial charge in [-0.25, -0.2) is 8.42 Å². The number of thioether (sulfide) groups is 1. The summed E-state index contributed by atoms with van der Waals surface area (Å²) in [4.78, 5) is 0.200. The van der Waals surface area contributed by atoms with Crippen molar-refractivity contribution in [3.8, 4) is 0 Å². The molecule has 1 heterocycles. The van der Waals surface area contributed by atoms with Crippen molar-refractivity contribution in [3.05, 3.63) is 43.0 Å². The molecule has 0 atom stereocenters. The van der Waals surface area contributed by atoms with Gasteiger partial charge in [0.15, 0.2) is 4.34 Å². The summed E-state index contributed by atoms with van der Waals surface area (Å²) in [5.41, 5.74) is 0. The highest BCUT2D eigenvalue weighted by atomic mass is 32.2. The molecule has 100 valence electrons. The molecule has 0 aliphatic rings. The van der Waals surface area contributed by atoms with E-state index in [1.54, 1.807) is 24.3 Å². The molecule has 0 saturated carbocycles. The van der Waals surface area contributed by atoms with E-state index >= 15 is 0 Å². The van der Waals surface area contributed by atoms with Gasteiger partial charge in [0.2, 0.25) is 5.13 Å². The SMILES string of the molecule is C=CCSc1nnc(NS(=O)(=O)c2ccccc2)s1. The monoisotopic (exact) mass is 313 g/mol. The summed E-state index contributed by atoms with van der Waals surface area (Å²) in [5, 5.41) is 7.95. The number of nitrogens with one attached hydrogen (secondary N) is 1. The number of hydrogen-bond donors (Lipinski definition) is 1. The summed E-state index contributed by atoms with van der Waals surface area (Å²) < 4.78 is 27.2. The zero-order chi connectivity index (χ0) is 13.7. The molecule has 5 nitrogen and oxygen atoms in total. The molecular formula is C11H11N3O2S3. The lowest BCUT2D eigenvalue weighted by molar-refractivity contribution is 0.601. The van der Waals surface area contributed by atoms with Gasteiger partial charge in [0.1, 0.15) is 0 Å². The summed E-state index contributed by atoms with van der Waals surface area (Å²) in [6.45, 7) is 3.61. The minimum absolute atomic E-state index is 0.200. The Morgan fingerprint density at radius 2 is 2.05 bits per heavy atom. The number of nitrogens with zero attached hydrogens (tertiary/aromatic N) is 2. The largest absolute Gasteiger partial charge is 0.263 e. The van der Waals surface area contributed by atoms with Crippen molar-refractivity contribution in [2.24, 2.45) is 0 Å². The van der Waals surface area contributed by atoms with Crippen LogP contribution in [0.3, 0.4) is 0 Å².